The maximum absolute atomic E-state index is 6.09. The van der Waals surface area contributed by atoms with Gasteiger partial charge >= 0.3 is 0 Å². The number of benzene rings is 1. The van der Waals surface area contributed by atoms with E-state index < -0.39 is 0 Å². The van der Waals surface area contributed by atoms with Gasteiger partial charge in [-0.05, 0) is 30.7 Å². The zero-order chi connectivity index (χ0) is 14.8. The predicted octanol–water partition coefficient (Wildman–Crippen LogP) is 3.79. The van der Waals surface area contributed by atoms with Crippen molar-refractivity contribution in [3.63, 3.8) is 0 Å². The molecule has 0 saturated carbocycles. The highest BCUT2D eigenvalue weighted by Crippen LogP contribution is 2.31. The monoisotopic (exact) mass is 301 g/mol. The quantitative estimate of drug-likeness (QED) is 0.688. The van der Waals surface area contributed by atoms with Crippen LogP contribution in [0.4, 0.5) is 0 Å². The van der Waals surface area contributed by atoms with Crippen molar-refractivity contribution < 1.29 is 4.74 Å². The van der Waals surface area contributed by atoms with Crippen LogP contribution in [-0.2, 0) is 5.88 Å². The number of pyridine rings is 1. The Morgan fingerprint density at radius 2 is 2.14 bits per heavy atom. The summed E-state index contributed by atoms with van der Waals surface area (Å²) < 4.78 is 7.54. The molecule has 1 aromatic carbocycles. The van der Waals surface area contributed by atoms with Gasteiger partial charge in [0.2, 0.25) is 0 Å². The molecule has 5 heteroatoms. The van der Waals surface area contributed by atoms with Crippen LogP contribution in [0.5, 0.6) is 5.75 Å². The Kier molecular flexibility index (Phi) is 3.80. The molecule has 0 bridgehead atoms. The third kappa shape index (κ3) is 2.36. The Balaban J connectivity index is 2.21. The maximum Gasteiger partial charge on any atom is 0.146 e. The molecule has 0 aliphatic carbocycles. The van der Waals surface area contributed by atoms with Gasteiger partial charge in [0.15, 0.2) is 0 Å². The van der Waals surface area contributed by atoms with E-state index in [-0.39, 0.29) is 6.04 Å². The molecule has 0 aliphatic heterocycles. The molecular formula is C16H16ClN3O. The number of rotatable bonds is 4. The van der Waals surface area contributed by atoms with Gasteiger partial charge in [-0.3, -0.25) is 4.98 Å². The number of halogens is 1. The van der Waals surface area contributed by atoms with E-state index in [1.807, 2.05) is 30.5 Å². The lowest BCUT2D eigenvalue weighted by Crippen LogP contribution is -2.10. The SMILES string of the molecule is COc1cccc2c1nc(CCl)n2C(C)c1cccnc1. The lowest BCUT2D eigenvalue weighted by atomic mass is 10.1. The first-order chi connectivity index (χ1) is 10.3. The molecule has 0 aliphatic rings. The number of hydrogen-bond acceptors (Lipinski definition) is 3. The first-order valence-electron chi connectivity index (χ1n) is 6.76. The summed E-state index contributed by atoms with van der Waals surface area (Å²) in [6.07, 6.45) is 3.64. The van der Waals surface area contributed by atoms with Gasteiger partial charge in [0.25, 0.3) is 0 Å². The molecule has 21 heavy (non-hydrogen) atoms. The Morgan fingerprint density at radius 3 is 2.81 bits per heavy atom. The summed E-state index contributed by atoms with van der Waals surface area (Å²) in [6, 6.07) is 10.0. The zero-order valence-electron chi connectivity index (χ0n) is 12.0. The topological polar surface area (TPSA) is 39.9 Å². The van der Waals surface area contributed by atoms with Crippen molar-refractivity contribution in [2.24, 2.45) is 0 Å². The molecule has 2 aromatic heterocycles. The van der Waals surface area contributed by atoms with Gasteiger partial charge < -0.3 is 9.30 Å². The van der Waals surface area contributed by atoms with Crippen LogP contribution in [0.1, 0.15) is 24.4 Å². The molecule has 0 fully saturated rings. The number of alkyl halides is 1. The van der Waals surface area contributed by atoms with Crippen molar-refractivity contribution in [1.29, 1.82) is 0 Å². The Bertz CT molecular complexity index is 755. The summed E-state index contributed by atoms with van der Waals surface area (Å²) in [5.74, 6) is 1.94. The molecule has 3 aromatic rings. The van der Waals surface area contributed by atoms with Crippen molar-refractivity contribution in [2.45, 2.75) is 18.8 Å². The highest BCUT2D eigenvalue weighted by Gasteiger charge is 2.18. The molecule has 0 N–H and O–H groups in total. The minimum absolute atomic E-state index is 0.101. The average molecular weight is 302 g/mol. The summed E-state index contributed by atoms with van der Waals surface area (Å²) in [7, 11) is 1.65. The van der Waals surface area contributed by atoms with Crippen molar-refractivity contribution in [3.05, 3.63) is 54.1 Å². The molecule has 0 saturated heterocycles. The number of methoxy groups -OCH3 is 1. The number of para-hydroxylation sites is 1. The highest BCUT2D eigenvalue weighted by molar-refractivity contribution is 6.16. The Morgan fingerprint density at radius 1 is 1.29 bits per heavy atom. The van der Waals surface area contributed by atoms with Crippen molar-refractivity contribution >= 4 is 22.6 Å². The zero-order valence-corrected chi connectivity index (χ0v) is 12.7. The van der Waals surface area contributed by atoms with Crippen LogP contribution < -0.4 is 4.74 Å². The number of fused-ring (bicyclic) bond motifs is 1. The third-order valence-corrected chi connectivity index (χ3v) is 3.89. The number of nitrogens with zero attached hydrogens (tertiary/aromatic N) is 3. The number of imidazole rings is 1. The molecule has 1 atom stereocenters. The van der Waals surface area contributed by atoms with E-state index in [1.165, 1.54) is 0 Å². The minimum Gasteiger partial charge on any atom is -0.494 e. The second-order valence-electron chi connectivity index (χ2n) is 4.82. The summed E-state index contributed by atoms with van der Waals surface area (Å²) in [6.45, 7) is 2.12. The van der Waals surface area contributed by atoms with E-state index in [2.05, 4.69) is 27.5 Å². The molecule has 1 unspecified atom stereocenters. The lowest BCUT2D eigenvalue weighted by molar-refractivity contribution is 0.419. The van der Waals surface area contributed by atoms with Crippen molar-refractivity contribution in [3.8, 4) is 5.75 Å². The fourth-order valence-corrected chi connectivity index (χ4v) is 2.79. The smallest absolute Gasteiger partial charge is 0.146 e. The molecule has 2 heterocycles. The van der Waals surface area contributed by atoms with Crippen LogP contribution in [0, 0.1) is 0 Å². The minimum atomic E-state index is 0.101. The summed E-state index contributed by atoms with van der Waals surface area (Å²) in [5, 5.41) is 0. The van der Waals surface area contributed by atoms with E-state index in [0.717, 1.165) is 28.2 Å². The summed E-state index contributed by atoms with van der Waals surface area (Å²) in [5.41, 5.74) is 2.97. The Hall–Kier alpha value is -2.07. The van der Waals surface area contributed by atoms with Crippen molar-refractivity contribution in [1.82, 2.24) is 14.5 Å². The molecule has 0 spiro atoms. The van der Waals surface area contributed by atoms with Crippen LogP contribution in [0.25, 0.3) is 11.0 Å². The summed E-state index contributed by atoms with van der Waals surface area (Å²) in [4.78, 5) is 8.83. The van der Waals surface area contributed by atoms with E-state index in [9.17, 15) is 0 Å². The second kappa shape index (κ2) is 5.74. The number of aromatic nitrogens is 3. The lowest BCUT2D eigenvalue weighted by Gasteiger charge is -2.17. The van der Waals surface area contributed by atoms with Crippen LogP contribution in [0.15, 0.2) is 42.7 Å². The summed E-state index contributed by atoms with van der Waals surface area (Å²) >= 11 is 6.09. The molecule has 0 amide bonds. The molecule has 0 radical (unpaired) electrons. The van der Waals surface area contributed by atoms with Gasteiger partial charge in [0.05, 0.1) is 24.5 Å². The maximum atomic E-state index is 6.09. The van der Waals surface area contributed by atoms with Crippen LogP contribution >= 0.6 is 11.6 Å². The fraction of sp³-hybridized carbons (Fsp3) is 0.250. The first-order valence-corrected chi connectivity index (χ1v) is 7.29. The standard InChI is InChI=1S/C16H16ClN3O/c1-11(12-5-4-8-18-10-12)20-13-6-3-7-14(21-2)16(13)19-15(20)9-17/h3-8,10-11H,9H2,1-2H3. The molecule has 3 rings (SSSR count). The van der Waals surface area contributed by atoms with Crippen molar-refractivity contribution in [2.75, 3.05) is 7.11 Å². The van der Waals surface area contributed by atoms with Crippen LogP contribution in [0.2, 0.25) is 0 Å². The normalized spacial score (nSPS) is 12.5. The third-order valence-electron chi connectivity index (χ3n) is 3.65. The number of ether oxygens (including phenoxy) is 1. The van der Waals surface area contributed by atoms with Gasteiger partial charge in [0.1, 0.15) is 17.1 Å². The van der Waals surface area contributed by atoms with Gasteiger partial charge in [-0.2, -0.15) is 0 Å². The van der Waals surface area contributed by atoms with E-state index >= 15 is 0 Å². The van der Waals surface area contributed by atoms with Gasteiger partial charge in [0, 0.05) is 12.4 Å². The molecule has 4 nitrogen and oxygen atoms in total. The van der Waals surface area contributed by atoms with Crippen LogP contribution in [0.3, 0.4) is 0 Å². The average Bonchev–Trinajstić information content (AvgIpc) is 2.93. The van der Waals surface area contributed by atoms with E-state index in [0.29, 0.717) is 5.88 Å². The largest absolute Gasteiger partial charge is 0.494 e. The van der Waals surface area contributed by atoms with Crippen LogP contribution in [-0.4, -0.2) is 21.6 Å². The van der Waals surface area contributed by atoms with Gasteiger partial charge in [-0.25, -0.2) is 4.98 Å². The second-order valence-corrected chi connectivity index (χ2v) is 5.09. The Labute approximate surface area is 128 Å². The van der Waals surface area contributed by atoms with Gasteiger partial charge in [-0.15, -0.1) is 11.6 Å². The van der Waals surface area contributed by atoms with E-state index in [1.54, 1.807) is 13.3 Å². The highest BCUT2D eigenvalue weighted by atomic mass is 35.5. The fourth-order valence-electron chi connectivity index (χ4n) is 2.60. The van der Waals surface area contributed by atoms with Gasteiger partial charge in [-0.1, -0.05) is 12.1 Å². The predicted molar refractivity (Wildman–Crippen MR) is 83.9 cm³/mol. The number of hydrogen-bond donors (Lipinski definition) is 0. The molecular weight excluding hydrogens is 286 g/mol. The molecule has 108 valence electrons. The first kappa shape index (κ1) is 13.9. The van der Waals surface area contributed by atoms with E-state index in [4.69, 9.17) is 16.3 Å².